The number of para-hydroxylation sites is 1. The predicted octanol–water partition coefficient (Wildman–Crippen LogP) is 4.54. The quantitative estimate of drug-likeness (QED) is 0.659. The molecule has 1 N–H and O–H groups in total. The molecule has 0 saturated carbocycles. The molecule has 3 nitrogen and oxygen atoms in total. The first-order valence-electron chi connectivity index (χ1n) is 7.52. The Bertz CT molecular complexity index is 871. The van der Waals surface area contributed by atoms with Gasteiger partial charge in [0.05, 0.1) is 11.9 Å². The maximum Gasteiger partial charge on any atom is 0.229 e. The average molecular weight is 358 g/mol. The normalized spacial score (nSPS) is 11.8. The molecule has 24 heavy (non-hydrogen) atoms. The van der Waals surface area contributed by atoms with E-state index in [1.807, 2.05) is 60.7 Å². The van der Waals surface area contributed by atoms with Crippen molar-refractivity contribution >= 4 is 26.6 Å². The fraction of sp³-hybridized carbons (Fsp3) is 0.0526. The number of rotatable bonds is 5. The molecule has 3 rings (SSSR count). The molecule has 0 atom stereocenters. The van der Waals surface area contributed by atoms with Gasteiger partial charge < -0.3 is 0 Å². The second-order valence-corrected chi connectivity index (χ2v) is 9.33. The van der Waals surface area contributed by atoms with Gasteiger partial charge in [0.15, 0.2) is 0 Å². The molecular weight excluding hydrogens is 338 g/mol. The molecule has 0 fully saturated rings. The summed E-state index contributed by atoms with van der Waals surface area (Å²) in [5, 5.41) is 0. The lowest BCUT2D eigenvalue weighted by Crippen LogP contribution is -2.10. The minimum Gasteiger partial charge on any atom is -0.283 e. The van der Waals surface area contributed by atoms with Crippen LogP contribution in [-0.4, -0.2) is 14.7 Å². The number of anilines is 1. The molecule has 0 aromatic heterocycles. The lowest BCUT2D eigenvalue weighted by Gasteiger charge is -2.25. The van der Waals surface area contributed by atoms with Crippen LogP contribution in [-0.2, 0) is 10.0 Å². The van der Waals surface area contributed by atoms with Crippen molar-refractivity contribution in [1.82, 2.24) is 0 Å². The summed E-state index contributed by atoms with van der Waals surface area (Å²) in [4.78, 5) is 3.36. The van der Waals surface area contributed by atoms with Gasteiger partial charge >= 0.3 is 0 Å². The monoisotopic (exact) mass is 357 g/mol. The van der Waals surface area contributed by atoms with Gasteiger partial charge in [-0.15, -0.1) is 0 Å². The first kappa shape index (κ1) is 16.6. The van der Waals surface area contributed by atoms with Gasteiger partial charge in [-0.1, -0.05) is 48.5 Å². The van der Waals surface area contributed by atoms with Crippen LogP contribution in [0, 0.1) is 0 Å². The van der Waals surface area contributed by atoms with Crippen molar-refractivity contribution in [3.63, 3.8) is 0 Å². The third-order valence-corrected chi connectivity index (χ3v) is 6.56. The minimum atomic E-state index is -3.34. The summed E-state index contributed by atoms with van der Waals surface area (Å²) >= 11 is 0. The molecule has 3 aromatic carbocycles. The molecule has 0 amide bonds. The molecule has 124 valence electrons. The van der Waals surface area contributed by atoms with Gasteiger partial charge in [0.25, 0.3) is 0 Å². The summed E-state index contributed by atoms with van der Waals surface area (Å²) in [7, 11) is -4.18. The topological polar surface area (TPSA) is 46.2 Å². The van der Waals surface area contributed by atoms with Gasteiger partial charge in [0, 0.05) is 4.90 Å². The number of thiol groups is 1. The molecule has 0 spiro atoms. The molecule has 3 aromatic rings. The Morgan fingerprint density at radius 3 is 1.67 bits per heavy atom. The van der Waals surface area contributed by atoms with Crippen molar-refractivity contribution in [2.75, 3.05) is 11.0 Å². The zero-order valence-corrected chi connectivity index (χ0v) is 15.0. The molecule has 0 aliphatic carbocycles. The number of sulfonamides is 1. The van der Waals surface area contributed by atoms with Gasteiger partial charge in [0.2, 0.25) is 10.0 Å². The van der Waals surface area contributed by atoms with Crippen LogP contribution < -0.4 is 4.72 Å². The van der Waals surface area contributed by atoms with E-state index < -0.39 is 20.9 Å². The van der Waals surface area contributed by atoms with E-state index in [1.54, 1.807) is 0 Å². The zero-order chi connectivity index (χ0) is 17.0. The molecule has 0 saturated heterocycles. The fourth-order valence-corrected chi connectivity index (χ4v) is 5.59. The number of nitrogens with one attached hydrogen (secondary N) is 1. The Kier molecular flexibility index (Phi) is 4.92. The Balaban J connectivity index is 2.18. The van der Waals surface area contributed by atoms with Crippen molar-refractivity contribution in [2.24, 2.45) is 0 Å². The van der Waals surface area contributed by atoms with Gasteiger partial charge in [-0.2, -0.15) is 10.9 Å². The lowest BCUT2D eigenvalue weighted by atomic mass is 10.3. The van der Waals surface area contributed by atoms with E-state index in [4.69, 9.17) is 0 Å². The van der Waals surface area contributed by atoms with Crippen LogP contribution >= 0.6 is 10.9 Å². The lowest BCUT2D eigenvalue weighted by molar-refractivity contribution is 0.606. The number of benzene rings is 3. The van der Waals surface area contributed by atoms with Gasteiger partial charge in [-0.25, -0.2) is 8.42 Å². The van der Waals surface area contributed by atoms with Crippen molar-refractivity contribution in [1.29, 1.82) is 0 Å². The molecule has 0 bridgehead atoms. The molecule has 5 heteroatoms. The summed E-state index contributed by atoms with van der Waals surface area (Å²) in [6, 6.07) is 28.0. The highest BCUT2D eigenvalue weighted by molar-refractivity contribution is 8.17. The second-order valence-electron chi connectivity index (χ2n) is 5.40. The highest BCUT2D eigenvalue weighted by Crippen LogP contribution is 2.53. The van der Waals surface area contributed by atoms with E-state index in [0.717, 1.165) is 4.90 Å². The Morgan fingerprint density at radius 1 is 0.708 bits per heavy atom. The Morgan fingerprint density at radius 2 is 1.17 bits per heavy atom. The van der Waals surface area contributed by atoms with Crippen molar-refractivity contribution < 1.29 is 8.42 Å². The summed E-state index contributed by atoms with van der Waals surface area (Å²) in [5.74, 6) is 0. The summed E-state index contributed by atoms with van der Waals surface area (Å²) in [6.07, 6.45) is 1.18. The van der Waals surface area contributed by atoms with Gasteiger partial charge in [-0.3, -0.25) is 4.72 Å². The number of hydrogen-bond acceptors (Lipinski definition) is 2. The van der Waals surface area contributed by atoms with Crippen LogP contribution in [0.4, 0.5) is 5.69 Å². The SMILES string of the molecule is CS(=O)(=O)Nc1ccccc1[SH](c1ccccc1)c1ccccc1. The van der Waals surface area contributed by atoms with E-state index in [2.05, 4.69) is 29.0 Å². The highest BCUT2D eigenvalue weighted by atomic mass is 32.2. The third-order valence-electron chi connectivity index (χ3n) is 3.47. The molecule has 0 aliphatic heterocycles. The van der Waals surface area contributed by atoms with Crippen LogP contribution in [0.1, 0.15) is 0 Å². The zero-order valence-electron chi connectivity index (χ0n) is 13.3. The van der Waals surface area contributed by atoms with Gasteiger partial charge in [0.1, 0.15) is 0 Å². The van der Waals surface area contributed by atoms with Crippen molar-refractivity contribution in [3.8, 4) is 0 Å². The predicted molar refractivity (Wildman–Crippen MR) is 102 cm³/mol. The van der Waals surface area contributed by atoms with E-state index in [-0.39, 0.29) is 0 Å². The van der Waals surface area contributed by atoms with E-state index in [9.17, 15) is 8.42 Å². The summed E-state index contributed by atoms with van der Waals surface area (Å²) < 4.78 is 26.1. The van der Waals surface area contributed by atoms with Crippen LogP contribution in [0.3, 0.4) is 0 Å². The van der Waals surface area contributed by atoms with E-state index >= 15 is 0 Å². The largest absolute Gasteiger partial charge is 0.283 e. The maximum absolute atomic E-state index is 11.7. The first-order valence-corrected chi connectivity index (χ1v) is 10.7. The minimum absolute atomic E-state index is 0.638. The van der Waals surface area contributed by atoms with E-state index in [1.165, 1.54) is 16.0 Å². The highest BCUT2D eigenvalue weighted by Gasteiger charge is 2.17. The van der Waals surface area contributed by atoms with Crippen LogP contribution in [0.5, 0.6) is 0 Å². The molecule has 0 heterocycles. The fourth-order valence-electron chi connectivity index (χ4n) is 2.54. The van der Waals surface area contributed by atoms with Gasteiger partial charge in [-0.05, 0) is 46.2 Å². The van der Waals surface area contributed by atoms with Crippen LogP contribution in [0.25, 0.3) is 0 Å². The average Bonchev–Trinajstić information content (AvgIpc) is 2.57. The molecular formula is C19H19NO2S2. The maximum atomic E-state index is 11.7. The summed E-state index contributed by atoms with van der Waals surface area (Å²) in [5.41, 5.74) is 0.638. The standard InChI is InChI=1S/C19H19NO2S2/c1-24(21,22)20-18-14-8-9-15-19(18)23(16-10-4-2-5-11-16)17-12-6-3-7-13-17/h2-15,20,23H,1H3. The molecule has 0 aliphatic rings. The van der Waals surface area contributed by atoms with Crippen molar-refractivity contribution in [2.45, 2.75) is 14.7 Å². The van der Waals surface area contributed by atoms with E-state index in [0.29, 0.717) is 5.69 Å². The first-order chi connectivity index (χ1) is 11.5. The smallest absolute Gasteiger partial charge is 0.229 e. The molecule has 0 unspecified atom stereocenters. The number of hydrogen-bond donors (Lipinski definition) is 2. The van der Waals surface area contributed by atoms with Crippen LogP contribution in [0.2, 0.25) is 0 Å². The molecule has 0 radical (unpaired) electrons. The van der Waals surface area contributed by atoms with Crippen molar-refractivity contribution in [3.05, 3.63) is 84.9 Å². The van der Waals surface area contributed by atoms with Crippen LogP contribution in [0.15, 0.2) is 99.6 Å². The Labute approximate surface area is 145 Å². The second kappa shape index (κ2) is 7.11. The third kappa shape index (κ3) is 3.99. The summed E-state index contributed by atoms with van der Waals surface area (Å²) in [6.45, 7) is 0. The Hall–Kier alpha value is -2.24.